The van der Waals surface area contributed by atoms with Crippen LogP contribution in [0.4, 0.5) is 0 Å². The Morgan fingerprint density at radius 1 is 1.23 bits per heavy atom. The van der Waals surface area contributed by atoms with Crippen LogP contribution in [0.2, 0.25) is 0 Å². The number of benzene rings is 1. The zero-order valence-corrected chi connectivity index (χ0v) is 18.2. The number of fused-ring (bicyclic) bond motifs is 1. The summed E-state index contributed by atoms with van der Waals surface area (Å²) in [5, 5.41) is 6.10. The molecule has 1 saturated carbocycles. The topological polar surface area (TPSA) is 79.3 Å². The molecule has 1 fully saturated rings. The van der Waals surface area contributed by atoms with Crippen molar-refractivity contribution in [2.45, 2.75) is 65.8 Å². The van der Waals surface area contributed by atoms with Crippen LogP contribution in [0.3, 0.4) is 0 Å². The van der Waals surface area contributed by atoms with E-state index in [1.807, 2.05) is 13.8 Å². The Labute approximate surface area is 176 Å². The molecule has 1 aromatic carbocycles. The zero-order chi connectivity index (χ0) is 21.4. The summed E-state index contributed by atoms with van der Waals surface area (Å²) in [6.07, 6.45) is 6.61. The van der Waals surface area contributed by atoms with Crippen LogP contribution in [0, 0.1) is 26.7 Å². The summed E-state index contributed by atoms with van der Waals surface area (Å²) >= 11 is 0. The van der Waals surface area contributed by atoms with Crippen LogP contribution >= 0.6 is 0 Å². The van der Waals surface area contributed by atoms with Crippen LogP contribution in [0.5, 0.6) is 0 Å². The normalized spacial score (nSPS) is 19.2. The van der Waals surface area contributed by atoms with Crippen LogP contribution in [0.25, 0.3) is 5.65 Å². The second-order valence-electron chi connectivity index (χ2n) is 8.78. The monoisotopic (exact) mass is 406 g/mol. The van der Waals surface area contributed by atoms with E-state index in [0.29, 0.717) is 34.8 Å². The van der Waals surface area contributed by atoms with Crippen molar-refractivity contribution in [3.05, 3.63) is 68.3 Å². The minimum absolute atomic E-state index is 0.150. The molecule has 2 aromatic heterocycles. The predicted octanol–water partition coefficient (Wildman–Crippen LogP) is 3.85. The van der Waals surface area contributed by atoms with Crippen LogP contribution in [-0.2, 0) is 6.42 Å². The van der Waals surface area contributed by atoms with Gasteiger partial charge in [0.1, 0.15) is 5.56 Å². The first-order valence-electron chi connectivity index (χ1n) is 10.8. The van der Waals surface area contributed by atoms with E-state index in [4.69, 9.17) is 0 Å². The molecule has 6 heteroatoms. The van der Waals surface area contributed by atoms with Crippen molar-refractivity contribution in [2.75, 3.05) is 0 Å². The molecule has 2 atom stereocenters. The van der Waals surface area contributed by atoms with Crippen LogP contribution in [-0.4, -0.2) is 26.5 Å². The Hall–Kier alpha value is -2.89. The summed E-state index contributed by atoms with van der Waals surface area (Å²) in [5.41, 5.74) is 5.41. The minimum Gasteiger partial charge on any atom is -0.349 e. The fourth-order valence-electron chi connectivity index (χ4n) is 4.48. The van der Waals surface area contributed by atoms with Crippen molar-refractivity contribution in [2.24, 2.45) is 5.92 Å². The van der Waals surface area contributed by atoms with Crippen molar-refractivity contribution >= 4 is 11.6 Å². The fourth-order valence-corrected chi connectivity index (χ4v) is 4.48. The van der Waals surface area contributed by atoms with Gasteiger partial charge in [0.05, 0.1) is 0 Å². The summed E-state index contributed by atoms with van der Waals surface area (Å²) in [5.74, 6) is 0.301. The third kappa shape index (κ3) is 3.78. The lowest BCUT2D eigenvalue weighted by molar-refractivity contribution is 0.0911. The van der Waals surface area contributed by atoms with E-state index in [-0.39, 0.29) is 17.5 Å². The standard InChI is InChI=1S/C24H30N4O2/c1-14-9-10-15(2)18(11-14)12-19-17(4)26-22-20(13-25-28(22)24(19)30)23(29)27-21-8-6-5-7-16(21)3/h9-11,13,16,21,25H,5-8,12H2,1-4H3,(H,27,29). The summed E-state index contributed by atoms with van der Waals surface area (Å²) in [7, 11) is 0. The highest BCUT2D eigenvalue weighted by atomic mass is 16.2. The highest BCUT2D eigenvalue weighted by Gasteiger charge is 2.25. The molecule has 0 radical (unpaired) electrons. The molecule has 2 N–H and O–H groups in total. The van der Waals surface area contributed by atoms with Gasteiger partial charge in [-0.1, -0.05) is 43.5 Å². The fraction of sp³-hybridized carbons (Fsp3) is 0.458. The molecular weight excluding hydrogens is 376 g/mol. The molecule has 0 bridgehead atoms. The Morgan fingerprint density at radius 2 is 2.00 bits per heavy atom. The second kappa shape index (κ2) is 8.09. The summed E-state index contributed by atoms with van der Waals surface area (Å²) in [6.45, 7) is 8.13. The van der Waals surface area contributed by atoms with E-state index in [0.717, 1.165) is 36.0 Å². The molecule has 0 saturated heterocycles. The summed E-state index contributed by atoms with van der Waals surface area (Å²) in [4.78, 5) is 30.8. The maximum absolute atomic E-state index is 13.2. The number of aromatic nitrogens is 3. The van der Waals surface area contributed by atoms with Gasteiger partial charge in [0.15, 0.2) is 5.65 Å². The number of hydrogen-bond acceptors (Lipinski definition) is 3. The number of H-pyrrole nitrogens is 1. The van der Waals surface area contributed by atoms with Crippen molar-refractivity contribution < 1.29 is 4.79 Å². The van der Waals surface area contributed by atoms with E-state index in [9.17, 15) is 9.59 Å². The van der Waals surface area contributed by atoms with Gasteiger partial charge in [-0.25, -0.2) is 9.50 Å². The first-order valence-corrected chi connectivity index (χ1v) is 10.8. The van der Waals surface area contributed by atoms with Crippen LogP contribution < -0.4 is 10.9 Å². The van der Waals surface area contributed by atoms with Crippen molar-refractivity contribution in [3.63, 3.8) is 0 Å². The van der Waals surface area contributed by atoms with Gasteiger partial charge in [-0.05, 0) is 50.7 Å². The predicted molar refractivity (Wildman–Crippen MR) is 118 cm³/mol. The Bertz CT molecular complexity index is 1160. The molecule has 158 valence electrons. The van der Waals surface area contributed by atoms with Gasteiger partial charge in [0, 0.05) is 29.9 Å². The van der Waals surface area contributed by atoms with E-state index in [1.54, 1.807) is 6.20 Å². The smallest absolute Gasteiger partial charge is 0.276 e. The average molecular weight is 407 g/mol. The van der Waals surface area contributed by atoms with E-state index < -0.39 is 0 Å². The lowest BCUT2D eigenvalue weighted by Crippen LogP contribution is -2.41. The molecule has 1 amide bonds. The van der Waals surface area contributed by atoms with Gasteiger partial charge in [-0.15, -0.1) is 0 Å². The lowest BCUT2D eigenvalue weighted by atomic mass is 9.86. The third-order valence-electron chi connectivity index (χ3n) is 6.51. The second-order valence-corrected chi connectivity index (χ2v) is 8.78. The van der Waals surface area contributed by atoms with E-state index >= 15 is 0 Å². The van der Waals surface area contributed by atoms with Gasteiger partial charge in [0.25, 0.3) is 11.5 Å². The molecule has 1 aliphatic carbocycles. The number of nitrogens with one attached hydrogen (secondary N) is 2. The molecule has 30 heavy (non-hydrogen) atoms. The van der Waals surface area contributed by atoms with Crippen LogP contribution in [0.1, 0.15) is 70.9 Å². The number of carbonyl (C=O) groups excluding carboxylic acids is 1. The molecule has 6 nitrogen and oxygen atoms in total. The quantitative estimate of drug-likeness (QED) is 0.691. The maximum Gasteiger partial charge on any atom is 0.276 e. The maximum atomic E-state index is 13.2. The number of amides is 1. The number of nitrogens with zero attached hydrogens (tertiary/aromatic N) is 2. The number of aromatic amines is 1. The first kappa shape index (κ1) is 20.4. The molecule has 2 heterocycles. The van der Waals surface area contributed by atoms with Crippen molar-refractivity contribution in [1.82, 2.24) is 19.9 Å². The van der Waals surface area contributed by atoms with Crippen molar-refractivity contribution in [1.29, 1.82) is 0 Å². The number of aryl methyl sites for hydroxylation is 3. The molecule has 0 aliphatic heterocycles. The van der Waals surface area contributed by atoms with Crippen LogP contribution in [0.15, 0.2) is 29.2 Å². The van der Waals surface area contributed by atoms with Gasteiger partial charge >= 0.3 is 0 Å². The summed E-state index contributed by atoms with van der Waals surface area (Å²) < 4.78 is 1.40. The van der Waals surface area contributed by atoms with E-state index in [2.05, 4.69) is 47.4 Å². The third-order valence-corrected chi connectivity index (χ3v) is 6.51. The van der Waals surface area contributed by atoms with Gasteiger partial charge in [-0.2, -0.15) is 0 Å². The zero-order valence-electron chi connectivity index (χ0n) is 18.2. The first-order chi connectivity index (χ1) is 14.3. The van der Waals surface area contributed by atoms with Gasteiger partial charge in [0.2, 0.25) is 0 Å². The Balaban J connectivity index is 1.67. The van der Waals surface area contributed by atoms with Crippen molar-refractivity contribution in [3.8, 4) is 0 Å². The van der Waals surface area contributed by atoms with Gasteiger partial charge < -0.3 is 5.32 Å². The molecule has 1 aliphatic rings. The molecule has 0 spiro atoms. The molecule has 3 aromatic rings. The summed E-state index contributed by atoms with van der Waals surface area (Å²) in [6, 6.07) is 6.44. The Morgan fingerprint density at radius 3 is 2.77 bits per heavy atom. The number of hydrogen-bond donors (Lipinski definition) is 2. The highest BCUT2D eigenvalue weighted by Crippen LogP contribution is 2.24. The van der Waals surface area contributed by atoms with E-state index in [1.165, 1.54) is 10.9 Å². The Kier molecular flexibility index (Phi) is 5.50. The molecular formula is C24H30N4O2. The average Bonchev–Trinajstić information content (AvgIpc) is 3.13. The molecule has 4 rings (SSSR count). The minimum atomic E-state index is -0.166. The number of carbonyl (C=O) groups is 1. The van der Waals surface area contributed by atoms with Gasteiger partial charge in [-0.3, -0.25) is 14.7 Å². The lowest BCUT2D eigenvalue weighted by Gasteiger charge is -2.29. The number of rotatable bonds is 4. The largest absolute Gasteiger partial charge is 0.349 e. The molecule has 2 unspecified atom stereocenters. The SMILES string of the molecule is Cc1ccc(C)c(Cc2c(C)nc3c(C(=O)NC4CCCCC4C)c[nH]n3c2=O)c1. The highest BCUT2D eigenvalue weighted by molar-refractivity contribution is 5.99.